The third kappa shape index (κ3) is 1.66. The quantitative estimate of drug-likeness (QED) is 0.663. The van der Waals surface area contributed by atoms with Crippen molar-refractivity contribution in [2.24, 2.45) is 5.73 Å². The lowest BCUT2D eigenvalue weighted by atomic mass is 10.1. The minimum atomic E-state index is -0.872. The molecule has 1 amide bonds. The molecule has 0 atom stereocenters. The van der Waals surface area contributed by atoms with Crippen molar-refractivity contribution in [2.75, 3.05) is 7.11 Å². The second-order valence-corrected chi connectivity index (χ2v) is 2.56. The van der Waals surface area contributed by atoms with Gasteiger partial charge in [-0.2, -0.15) is 0 Å². The molecular weight excluding hydrogens is 186 g/mol. The Kier molecular flexibility index (Phi) is 2.71. The van der Waals surface area contributed by atoms with Gasteiger partial charge in [-0.3, -0.25) is 4.79 Å². The van der Waals surface area contributed by atoms with Crippen LogP contribution in [0.1, 0.15) is 20.7 Å². The Balaban J connectivity index is 3.35. The van der Waals surface area contributed by atoms with Gasteiger partial charge in [0, 0.05) is 0 Å². The van der Waals surface area contributed by atoms with Crippen molar-refractivity contribution in [1.82, 2.24) is 0 Å². The normalized spacial score (nSPS) is 9.50. The number of esters is 1. The number of phenols is 1. The molecule has 0 radical (unpaired) electrons. The van der Waals surface area contributed by atoms with Crippen LogP contribution in [0.4, 0.5) is 0 Å². The summed E-state index contributed by atoms with van der Waals surface area (Å²) >= 11 is 0. The molecule has 1 rings (SSSR count). The molecule has 5 nitrogen and oxygen atoms in total. The van der Waals surface area contributed by atoms with Crippen molar-refractivity contribution in [3.8, 4) is 5.75 Å². The molecule has 1 aromatic carbocycles. The van der Waals surface area contributed by atoms with E-state index in [0.717, 1.165) is 0 Å². The highest BCUT2D eigenvalue weighted by atomic mass is 16.5. The van der Waals surface area contributed by atoms with Gasteiger partial charge in [-0.25, -0.2) is 4.79 Å². The Bertz CT molecular complexity index is 386. The van der Waals surface area contributed by atoms with Gasteiger partial charge in [-0.05, 0) is 12.1 Å². The van der Waals surface area contributed by atoms with Gasteiger partial charge in [-0.15, -0.1) is 0 Å². The standard InChI is InChI=1S/C9H9NO4/c1-14-9(13)5-3-2-4-6(11)7(5)8(10)12/h2-4,11H,1H3,(H2,10,12). The first-order valence-electron chi connectivity index (χ1n) is 3.78. The molecule has 0 saturated heterocycles. The first-order chi connectivity index (χ1) is 6.57. The highest BCUT2D eigenvalue weighted by Gasteiger charge is 2.18. The predicted octanol–water partition coefficient (Wildman–Crippen LogP) is 0.278. The van der Waals surface area contributed by atoms with Crippen LogP contribution in [0.3, 0.4) is 0 Å². The van der Waals surface area contributed by atoms with Crippen LogP contribution in [0.15, 0.2) is 18.2 Å². The summed E-state index contributed by atoms with van der Waals surface area (Å²) in [5.41, 5.74) is 4.74. The van der Waals surface area contributed by atoms with Crippen LogP contribution in [0, 0.1) is 0 Å². The maximum atomic E-state index is 11.1. The van der Waals surface area contributed by atoms with Crippen molar-refractivity contribution in [3.05, 3.63) is 29.3 Å². The molecule has 0 spiro atoms. The van der Waals surface area contributed by atoms with Crippen LogP contribution in [-0.2, 0) is 4.74 Å². The Morgan fingerprint density at radius 1 is 1.43 bits per heavy atom. The van der Waals surface area contributed by atoms with Crippen LogP contribution >= 0.6 is 0 Å². The Labute approximate surface area is 80.1 Å². The Morgan fingerprint density at radius 2 is 2.07 bits per heavy atom. The maximum Gasteiger partial charge on any atom is 0.338 e. The molecule has 0 aliphatic heterocycles. The average Bonchev–Trinajstić information content (AvgIpc) is 2.15. The summed E-state index contributed by atoms with van der Waals surface area (Å²) in [6.45, 7) is 0. The lowest BCUT2D eigenvalue weighted by Crippen LogP contribution is -2.17. The summed E-state index contributed by atoms with van der Waals surface area (Å²) in [6.07, 6.45) is 0. The van der Waals surface area contributed by atoms with E-state index < -0.39 is 11.9 Å². The minimum Gasteiger partial charge on any atom is -0.507 e. The number of hydrogen-bond acceptors (Lipinski definition) is 4. The fourth-order valence-electron chi connectivity index (χ4n) is 1.08. The van der Waals surface area contributed by atoms with E-state index in [9.17, 15) is 14.7 Å². The molecule has 74 valence electrons. The SMILES string of the molecule is COC(=O)c1cccc(O)c1C(N)=O. The van der Waals surface area contributed by atoms with Crippen LogP contribution in [-0.4, -0.2) is 24.1 Å². The number of amides is 1. The molecule has 5 heteroatoms. The first kappa shape index (κ1) is 10.0. The third-order valence-electron chi connectivity index (χ3n) is 1.69. The largest absolute Gasteiger partial charge is 0.507 e. The van der Waals surface area contributed by atoms with E-state index in [-0.39, 0.29) is 16.9 Å². The van der Waals surface area contributed by atoms with E-state index in [2.05, 4.69) is 4.74 Å². The summed E-state index contributed by atoms with van der Waals surface area (Å²) in [5, 5.41) is 9.30. The third-order valence-corrected chi connectivity index (χ3v) is 1.69. The summed E-state index contributed by atoms with van der Waals surface area (Å²) in [4.78, 5) is 22.1. The molecule has 0 bridgehead atoms. The van der Waals surface area contributed by atoms with Gasteiger partial charge in [0.2, 0.25) is 0 Å². The first-order valence-corrected chi connectivity index (χ1v) is 3.78. The van der Waals surface area contributed by atoms with E-state index in [1.165, 1.54) is 25.3 Å². The summed E-state index contributed by atoms with van der Waals surface area (Å²) in [7, 11) is 1.18. The molecule has 0 aliphatic carbocycles. The molecule has 0 heterocycles. The fourth-order valence-corrected chi connectivity index (χ4v) is 1.08. The predicted molar refractivity (Wildman–Crippen MR) is 48.0 cm³/mol. The van der Waals surface area contributed by atoms with Gasteiger partial charge in [0.05, 0.1) is 18.2 Å². The van der Waals surface area contributed by atoms with Gasteiger partial charge in [0.15, 0.2) is 0 Å². The molecule has 0 unspecified atom stereocenters. The number of hydrogen-bond donors (Lipinski definition) is 2. The number of carbonyl (C=O) groups is 2. The van der Waals surface area contributed by atoms with Gasteiger partial charge < -0.3 is 15.6 Å². The lowest BCUT2D eigenvalue weighted by Gasteiger charge is -2.05. The number of nitrogens with two attached hydrogens (primary N) is 1. The monoisotopic (exact) mass is 195 g/mol. The van der Waals surface area contributed by atoms with Crippen molar-refractivity contribution in [1.29, 1.82) is 0 Å². The van der Waals surface area contributed by atoms with Gasteiger partial charge in [0.1, 0.15) is 5.75 Å². The fraction of sp³-hybridized carbons (Fsp3) is 0.111. The minimum absolute atomic E-state index is 0.0417. The van der Waals surface area contributed by atoms with Gasteiger partial charge in [-0.1, -0.05) is 6.07 Å². The highest BCUT2D eigenvalue weighted by Crippen LogP contribution is 2.20. The second-order valence-electron chi connectivity index (χ2n) is 2.56. The van der Waals surface area contributed by atoms with Crippen LogP contribution in [0.25, 0.3) is 0 Å². The molecule has 3 N–H and O–H groups in total. The van der Waals surface area contributed by atoms with Crippen LogP contribution in [0.5, 0.6) is 5.75 Å². The summed E-state index contributed by atoms with van der Waals surface area (Å²) in [6, 6.07) is 4.05. The second kappa shape index (κ2) is 3.78. The average molecular weight is 195 g/mol. The number of ether oxygens (including phenoxy) is 1. The van der Waals surface area contributed by atoms with Crippen molar-refractivity contribution < 1.29 is 19.4 Å². The Morgan fingerprint density at radius 3 is 2.57 bits per heavy atom. The topological polar surface area (TPSA) is 89.6 Å². The van der Waals surface area contributed by atoms with E-state index in [0.29, 0.717) is 0 Å². The van der Waals surface area contributed by atoms with Crippen LogP contribution in [0.2, 0.25) is 0 Å². The summed E-state index contributed by atoms with van der Waals surface area (Å²) < 4.78 is 4.42. The number of primary amides is 1. The number of methoxy groups -OCH3 is 1. The zero-order chi connectivity index (χ0) is 10.7. The number of rotatable bonds is 2. The van der Waals surface area contributed by atoms with E-state index >= 15 is 0 Å². The molecule has 14 heavy (non-hydrogen) atoms. The van der Waals surface area contributed by atoms with E-state index in [1.807, 2.05) is 0 Å². The van der Waals surface area contributed by atoms with Crippen molar-refractivity contribution in [2.45, 2.75) is 0 Å². The van der Waals surface area contributed by atoms with Gasteiger partial charge in [0.25, 0.3) is 5.91 Å². The molecule has 0 aromatic heterocycles. The smallest absolute Gasteiger partial charge is 0.338 e. The zero-order valence-electron chi connectivity index (χ0n) is 7.48. The number of carbonyl (C=O) groups excluding carboxylic acids is 2. The van der Waals surface area contributed by atoms with E-state index in [4.69, 9.17) is 5.73 Å². The van der Waals surface area contributed by atoms with Crippen molar-refractivity contribution >= 4 is 11.9 Å². The number of aromatic hydroxyl groups is 1. The maximum absolute atomic E-state index is 11.1. The van der Waals surface area contributed by atoms with Crippen molar-refractivity contribution in [3.63, 3.8) is 0 Å². The number of benzene rings is 1. The molecule has 0 fully saturated rings. The van der Waals surface area contributed by atoms with E-state index in [1.54, 1.807) is 0 Å². The Hall–Kier alpha value is -2.04. The van der Waals surface area contributed by atoms with Gasteiger partial charge >= 0.3 is 5.97 Å². The highest BCUT2D eigenvalue weighted by molar-refractivity contribution is 6.06. The van der Waals surface area contributed by atoms with Crippen LogP contribution < -0.4 is 5.73 Å². The molecule has 0 aliphatic rings. The molecular formula is C9H9NO4. The lowest BCUT2D eigenvalue weighted by molar-refractivity contribution is 0.0596. The zero-order valence-corrected chi connectivity index (χ0v) is 7.48. The molecule has 0 saturated carbocycles. The summed E-state index contributed by atoms with van der Waals surface area (Å²) in [5.74, 6) is -1.92. The molecule has 1 aromatic rings.